The van der Waals surface area contributed by atoms with Gasteiger partial charge in [-0.15, -0.1) is 0 Å². The average molecular weight is 427 g/mol. The first kappa shape index (κ1) is 23.8. The molecule has 168 valence electrons. The molecule has 0 aromatic carbocycles. The highest BCUT2D eigenvalue weighted by atomic mass is 19.1. The molecule has 0 aliphatic carbocycles. The zero-order chi connectivity index (χ0) is 22.9. The highest BCUT2D eigenvalue weighted by Crippen LogP contribution is 2.44. The van der Waals surface area contributed by atoms with Crippen molar-refractivity contribution in [3.8, 4) is 0 Å². The fourth-order valence-corrected chi connectivity index (χ4v) is 3.19. The Kier molecular flexibility index (Phi) is 6.93. The second kappa shape index (κ2) is 8.73. The van der Waals surface area contributed by atoms with E-state index in [9.17, 15) is 19.1 Å². The molecule has 4 atom stereocenters. The molecule has 1 fully saturated rings. The first-order chi connectivity index (χ1) is 13.9. The molecule has 10 heteroatoms. The van der Waals surface area contributed by atoms with E-state index in [0.29, 0.717) is 0 Å². The van der Waals surface area contributed by atoms with Crippen LogP contribution in [0.15, 0.2) is 29.7 Å². The number of ether oxygens (including phenoxy) is 3. The smallest absolute Gasteiger partial charge is 0.308 e. The molecular weight excluding hydrogens is 397 g/mol. The normalized spacial score (nSPS) is 31.3. The van der Waals surface area contributed by atoms with E-state index in [2.05, 4.69) is 11.6 Å². The maximum atomic E-state index is 14.4. The van der Waals surface area contributed by atoms with Crippen LogP contribution in [0.25, 0.3) is 0 Å². The third-order valence-corrected chi connectivity index (χ3v) is 4.93. The first-order valence-electron chi connectivity index (χ1n) is 9.68. The number of nitrogens with two attached hydrogens (primary N) is 1. The summed E-state index contributed by atoms with van der Waals surface area (Å²) >= 11 is 0. The van der Waals surface area contributed by atoms with Crippen molar-refractivity contribution in [2.75, 3.05) is 13.3 Å². The van der Waals surface area contributed by atoms with Crippen LogP contribution in [-0.4, -0.2) is 64.6 Å². The molecule has 0 unspecified atom stereocenters. The Hall–Kier alpha value is -2.46. The van der Waals surface area contributed by atoms with E-state index in [1.807, 2.05) is 0 Å². The molecule has 1 saturated heterocycles. The molecule has 0 spiro atoms. The Labute approximate surface area is 175 Å². The van der Waals surface area contributed by atoms with Crippen molar-refractivity contribution in [2.45, 2.75) is 58.2 Å². The Balaban J connectivity index is 2.43. The molecule has 0 radical (unpaired) electrons. The van der Waals surface area contributed by atoms with Gasteiger partial charge in [-0.05, 0) is 13.0 Å². The van der Waals surface area contributed by atoms with Gasteiger partial charge >= 0.3 is 11.9 Å². The number of rotatable bonds is 7. The number of halogens is 1. The highest BCUT2D eigenvalue weighted by Gasteiger charge is 2.66. The Morgan fingerprint density at radius 2 is 1.97 bits per heavy atom. The average Bonchev–Trinajstić information content (AvgIpc) is 2.87. The number of hydrogen-bond acceptors (Lipinski definition) is 9. The van der Waals surface area contributed by atoms with Gasteiger partial charge in [-0.3, -0.25) is 9.59 Å². The fraction of sp³-hybridized carbons (Fsp3) is 0.650. The van der Waals surface area contributed by atoms with Gasteiger partial charge in [0.2, 0.25) is 0 Å². The number of aliphatic hydroxyl groups is 1. The molecule has 2 heterocycles. The Morgan fingerprint density at radius 3 is 2.47 bits per heavy atom. The van der Waals surface area contributed by atoms with Crippen LogP contribution in [0.2, 0.25) is 0 Å². The van der Waals surface area contributed by atoms with E-state index in [1.54, 1.807) is 27.7 Å². The lowest BCUT2D eigenvalue weighted by Gasteiger charge is -2.36. The van der Waals surface area contributed by atoms with Crippen LogP contribution in [0.4, 0.5) is 4.39 Å². The number of carbonyl (C=O) groups is 2. The molecule has 9 nitrogen and oxygen atoms in total. The molecule has 0 bridgehead atoms. The summed E-state index contributed by atoms with van der Waals surface area (Å²) in [5, 5.41) is 11.3. The zero-order valence-electron chi connectivity index (χ0n) is 17.9. The summed E-state index contributed by atoms with van der Waals surface area (Å²) in [7, 11) is 0. The summed E-state index contributed by atoms with van der Waals surface area (Å²) in [5.41, 5.74) is 1.82. The second-order valence-electron chi connectivity index (χ2n) is 8.30. The number of esters is 2. The minimum atomic E-state index is -1.93. The largest absolute Gasteiger partial charge is 0.462 e. The Morgan fingerprint density at radius 1 is 1.37 bits per heavy atom. The molecule has 0 aromatic heterocycles. The predicted molar refractivity (Wildman–Crippen MR) is 106 cm³/mol. The SMILES string of the molecule is C=C1N=C(N)C=CN1[C@@H]1O[C@](CF)(COC(=O)C(C)C)[C@@H](OC(=O)C(C)C)[C@@]1(C)O. The summed E-state index contributed by atoms with van der Waals surface area (Å²) in [5.74, 6) is -1.90. The highest BCUT2D eigenvalue weighted by molar-refractivity contribution is 5.92. The molecule has 2 aliphatic heterocycles. The number of amidine groups is 1. The van der Waals surface area contributed by atoms with Crippen molar-refractivity contribution in [2.24, 2.45) is 22.6 Å². The van der Waals surface area contributed by atoms with Crippen LogP contribution >= 0.6 is 0 Å². The van der Waals surface area contributed by atoms with Crippen molar-refractivity contribution < 1.29 is 33.3 Å². The lowest BCUT2D eigenvalue weighted by atomic mass is 9.87. The molecule has 2 aliphatic rings. The number of aliphatic imine (C=N–C) groups is 1. The Bertz CT molecular complexity index is 764. The summed E-state index contributed by atoms with van der Waals surface area (Å²) in [6.07, 6.45) is 0.215. The van der Waals surface area contributed by atoms with Gasteiger partial charge in [0, 0.05) is 6.20 Å². The maximum absolute atomic E-state index is 14.4. The van der Waals surface area contributed by atoms with E-state index in [0.717, 1.165) is 0 Å². The molecule has 0 amide bonds. The van der Waals surface area contributed by atoms with Crippen molar-refractivity contribution in [3.05, 3.63) is 24.7 Å². The third kappa shape index (κ3) is 4.49. The van der Waals surface area contributed by atoms with Gasteiger partial charge in [-0.25, -0.2) is 9.38 Å². The number of carbonyl (C=O) groups excluding carboxylic acids is 2. The number of nitrogens with zero attached hydrogens (tertiary/aromatic N) is 2. The second-order valence-corrected chi connectivity index (χ2v) is 8.30. The maximum Gasteiger partial charge on any atom is 0.308 e. The topological polar surface area (TPSA) is 124 Å². The molecule has 0 saturated carbocycles. The third-order valence-electron chi connectivity index (χ3n) is 4.93. The number of alkyl halides is 1. The van der Waals surface area contributed by atoms with Gasteiger partial charge < -0.3 is 30.0 Å². The summed E-state index contributed by atoms with van der Waals surface area (Å²) < 4.78 is 31.0. The van der Waals surface area contributed by atoms with E-state index in [-0.39, 0.29) is 11.7 Å². The van der Waals surface area contributed by atoms with E-state index in [1.165, 1.54) is 24.1 Å². The lowest BCUT2D eigenvalue weighted by molar-refractivity contribution is -0.187. The van der Waals surface area contributed by atoms with Crippen molar-refractivity contribution in [1.82, 2.24) is 4.90 Å². The van der Waals surface area contributed by atoms with E-state index in [4.69, 9.17) is 19.9 Å². The monoisotopic (exact) mass is 427 g/mol. The molecule has 30 heavy (non-hydrogen) atoms. The van der Waals surface area contributed by atoms with Gasteiger partial charge in [0.1, 0.15) is 30.5 Å². The minimum absolute atomic E-state index is 0.142. The quantitative estimate of drug-likeness (QED) is 0.582. The zero-order valence-corrected chi connectivity index (χ0v) is 17.9. The van der Waals surface area contributed by atoms with Gasteiger partial charge in [-0.2, -0.15) is 0 Å². The predicted octanol–water partition coefficient (Wildman–Crippen LogP) is 1.23. The fourth-order valence-electron chi connectivity index (χ4n) is 3.19. The van der Waals surface area contributed by atoms with Crippen LogP contribution in [-0.2, 0) is 23.8 Å². The van der Waals surface area contributed by atoms with Crippen LogP contribution in [0.1, 0.15) is 34.6 Å². The summed E-state index contributed by atoms with van der Waals surface area (Å²) in [4.78, 5) is 29.7. The summed E-state index contributed by atoms with van der Waals surface area (Å²) in [6, 6.07) is 0. The standard InChI is InChI=1S/C20H30FN3O6/c1-11(2)15(25)28-10-20(9-21)17(29-16(26)12(3)4)19(6,27)18(30-20)24-8-7-14(22)23-13(24)5/h7-8,11-12,17-18,27H,5,9-10H2,1-4,6H3,(H2,22,23)/t17-,18+,19+,20+/m0/s1. The van der Waals surface area contributed by atoms with Crippen molar-refractivity contribution >= 4 is 17.8 Å². The molecular formula is C20H30FN3O6. The van der Waals surface area contributed by atoms with Crippen LogP contribution in [0.5, 0.6) is 0 Å². The van der Waals surface area contributed by atoms with Gasteiger partial charge in [0.05, 0.1) is 11.8 Å². The van der Waals surface area contributed by atoms with E-state index < -0.39 is 60.6 Å². The van der Waals surface area contributed by atoms with Gasteiger partial charge in [0.25, 0.3) is 0 Å². The van der Waals surface area contributed by atoms with Crippen LogP contribution < -0.4 is 5.73 Å². The van der Waals surface area contributed by atoms with Gasteiger partial charge in [-0.1, -0.05) is 34.3 Å². The van der Waals surface area contributed by atoms with Crippen molar-refractivity contribution in [3.63, 3.8) is 0 Å². The molecule has 3 N–H and O–H groups in total. The van der Waals surface area contributed by atoms with Crippen LogP contribution in [0, 0.1) is 11.8 Å². The van der Waals surface area contributed by atoms with E-state index >= 15 is 0 Å². The lowest BCUT2D eigenvalue weighted by Crippen LogP contribution is -2.57. The molecule has 2 rings (SSSR count). The van der Waals surface area contributed by atoms with Crippen LogP contribution in [0.3, 0.4) is 0 Å². The molecule has 0 aromatic rings. The van der Waals surface area contributed by atoms with Gasteiger partial charge in [0.15, 0.2) is 17.9 Å². The van der Waals surface area contributed by atoms with Crippen molar-refractivity contribution in [1.29, 1.82) is 0 Å². The minimum Gasteiger partial charge on any atom is -0.462 e. The number of hydrogen-bond donors (Lipinski definition) is 2. The first-order valence-corrected chi connectivity index (χ1v) is 9.68. The summed E-state index contributed by atoms with van der Waals surface area (Å²) in [6.45, 7) is 9.84.